The monoisotopic (exact) mass is 942 g/mol. The Morgan fingerprint density at radius 2 is 0.731 bits per heavy atom. The molecule has 0 radical (unpaired) electrons. The zero-order valence-electron chi connectivity index (χ0n) is 44.9. The first kappa shape index (κ1) is 65.1. The summed E-state index contributed by atoms with van der Waals surface area (Å²) in [5, 5.41) is 23.2. The molecule has 1 amide bonds. The molecule has 0 spiro atoms. The van der Waals surface area contributed by atoms with Gasteiger partial charge in [0.05, 0.1) is 25.4 Å². The lowest BCUT2D eigenvalue weighted by Crippen LogP contribution is -2.45. The topological polar surface area (TPSA) is 95.9 Å². The summed E-state index contributed by atoms with van der Waals surface area (Å²) in [5.41, 5.74) is 0. The summed E-state index contributed by atoms with van der Waals surface area (Å²) in [6.07, 6.45) is 70.3. The van der Waals surface area contributed by atoms with Crippen LogP contribution in [0.5, 0.6) is 0 Å². The van der Waals surface area contributed by atoms with Gasteiger partial charge < -0.3 is 20.3 Å². The number of nitrogens with one attached hydrogen (secondary N) is 1. The van der Waals surface area contributed by atoms with Crippen LogP contribution in [0.15, 0.2) is 36.5 Å². The van der Waals surface area contributed by atoms with E-state index in [4.69, 9.17) is 4.74 Å². The molecule has 6 heteroatoms. The minimum atomic E-state index is -0.860. The predicted molar refractivity (Wildman–Crippen MR) is 292 cm³/mol. The van der Waals surface area contributed by atoms with Gasteiger partial charge in [0, 0.05) is 12.8 Å². The van der Waals surface area contributed by atoms with Crippen LogP contribution in [0.1, 0.15) is 316 Å². The third-order valence-electron chi connectivity index (χ3n) is 13.7. The van der Waals surface area contributed by atoms with Gasteiger partial charge in [-0.2, -0.15) is 0 Å². The maximum absolute atomic E-state index is 12.5. The fourth-order valence-corrected chi connectivity index (χ4v) is 9.10. The molecule has 2 atom stereocenters. The predicted octanol–water partition coefficient (Wildman–Crippen LogP) is 18.4. The largest absolute Gasteiger partial charge is 0.466 e. The van der Waals surface area contributed by atoms with Gasteiger partial charge in [-0.15, -0.1) is 0 Å². The highest BCUT2D eigenvalue weighted by Crippen LogP contribution is 2.17. The van der Waals surface area contributed by atoms with Crippen molar-refractivity contribution in [1.29, 1.82) is 0 Å². The normalized spacial score (nSPS) is 12.8. The van der Waals surface area contributed by atoms with Crippen molar-refractivity contribution < 1.29 is 24.5 Å². The van der Waals surface area contributed by atoms with Gasteiger partial charge in [-0.05, 0) is 64.2 Å². The molecule has 0 rings (SSSR count). The number of aliphatic hydroxyl groups excluding tert-OH is 2. The first-order valence-electron chi connectivity index (χ1n) is 29.8. The SMILES string of the molecule is CCCCCCCCCCCCCCCCCCCCCC/C=C/C(O)C(CO)NC(=O)CCCCCCCC/C=C\C=C/CCCCCOC(=O)CCCCCCCCCCCCCCC. The van der Waals surface area contributed by atoms with Crippen LogP contribution in [-0.2, 0) is 14.3 Å². The van der Waals surface area contributed by atoms with E-state index in [1.807, 2.05) is 6.08 Å². The van der Waals surface area contributed by atoms with E-state index in [2.05, 4.69) is 43.5 Å². The quantitative estimate of drug-likeness (QED) is 0.0244. The summed E-state index contributed by atoms with van der Waals surface area (Å²) in [4.78, 5) is 24.5. The molecule has 3 N–H and O–H groups in total. The van der Waals surface area contributed by atoms with Crippen molar-refractivity contribution in [3.05, 3.63) is 36.5 Å². The first-order valence-corrected chi connectivity index (χ1v) is 29.8. The molecule has 0 saturated heterocycles. The molecule has 0 aromatic rings. The van der Waals surface area contributed by atoms with Crippen molar-refractivity contribution >= 4 is 11.9 Å². The minimum Gasteiger partial charge on any atom is -0.466 e. The second-order valence-electron chi connectivity index (χ2n) is 20.4. The van der Waals surface area contributed by atoms with Crippen LogP contribution in [0, 0.1) is 0 Å². The fourth-order valence-electron chi connectivity index (χ4n) is 9.10. The van der Waals surface area contributed by atoms with Crippen molar-refractivity contribution in [2.75, 3.05) is 13.2 Å². The van der Waals surface area contributed by atoms with Gasteiger partial charge in [-0.1, -0.05) is 275 Å². The Bertz CT molecular complexity index is 1090. The molecule has 0 heterocycles. The Balaban J connectivity index is 3.54. The number of carbonyl (C=O) groups is 2. The van der Waals surface area contributed by atoms with Gasteiger partial charge in [-0.25, -0.2) is 0 Å². The molecule has 2 unspecified atom stereocenters. The van der Waals surface area contributed by atoms with Gasteiger partial charge in [0.1, 0.15) is 0 Å². The number of hydrogen-bond acceptors (Lipinski definition) is 5. The molecule has 6 nitrogen and oxygen atoms in total. The molecule has 0 bridgehead atoms. The Hall–Kier alpha value is -1.92. The third kappa shape index (κ3) is 53.3. The minimum absolute atomic E-state index is 0.0211. The summed E-state index contributed by atoms with van der Waals surface area (Å²) >= 11 is 0. The molecule has 0 fully saturated rings. The standard InChI is InChI=1S/C61H115NO5/c1-3-5-7-9-11-13-15-17-18-19-20-21-22-23-24-26-30-33-37-41-45-49-53-59(64)58(57-63)62-60(65)54-50-46-42-38-34-31-27-25-28-32-36-40-44-48-52-56-67-61(66)55-51-47-43-39-35-29-16-14-12-10-8-6-4-2/h25,28,32,36,49,53,58-59,63-64H,3-24,26-27,29-31,33-35,37-48,50-52,54-57H2,1-2H3,(H,62,65)/b28-25-,36-32-,53-49+. The van der Waals surface area contributed by atoms with E-state index in [0.29, 0.717) is 19.4 Å². The van der Waals surface area contributed by atoms with Crippen molar-refractivity contribution in [3.63, 3.8) is 0 Å². The second kappa shape index (κ2) is 56.7. The number of hydrogen-bond donors (Lipinski definition) is 3. The highest BCUT2D eigenvalue weighted by molar-refractivity contribution is 5.76. The van der Waals surface area contributed by atoms with Crippen LogP contribution in [0.4, 0.5) is 0 Å². The maximum atomic E-state index is 12.5. The van der Waals surface area contributed by atoms with Crippen molar-refractivity contribution in [1.82, 2.24) is 5.32 Å². The maximum Gasteiger partial charge on any atom is 0.305 e. The molecule has 0 aromatic carbocycles. The molecular weight excluding hydrogens is 827 g/mol. The average Bonchev–Trinajstić information content (AvgIpc) is 3.33. The van der Waals surface area contributed by atoms with Crippen molar-refractivity contribution in [2.45, 2.75) is 328 Å². The molecular formula is C61H115NO5. The number of allylic oxidation sites excluding steroid dienone is 5. The van der Waals surface area contributed by atoms with Crippen molar-refractivity contribution in [3.8, 4) is 0 Å². The van der Waals surface area contributed by atoms with Gasteiger partial charge >= 0.3 is 5.97 Å². The van der Waals surface area contributed by atoms with E-state index < -0.39 is 12.1 Å². The molecule has 0 aliphatic heterocycles. The molecule has 0 aliphatic carbocycles. The van der Waals surface area contributed by atoms with Gasteiger partial charge in [0.15, 0.2) is 0 Å². The van der Waals surface area contributed by atoms with E-state index in [1.54, 1.807) is 6.08 Å². The summed E-state index contributed by atoms with van der Waals surface area (Å²) in [6.45, 7) is 4.86. The summed E-state index contributed by atoms with van der Waals surface area (Å²) in [5.74, 6) is -0.109. The van der Waals surface area contributed by atoms with E-state index in [1.165, 1.54) is 212 Å². The average molecular weight is 943 g/mol. The molecule has 0 aliphatic rings. The summed E-state index contributed by atoms with van der Waals surface area (Å²) in [7, 11) is 0. The number of aliphatic hydroxyl groups is 2. The number of unbranched alkanes of at least 4 members (excludes halogenated alkanes) is 41. The highest BCUT2D eigenvalue weighted by Gasteiger charge is 2.18. The van der Waals surface area contributed by atoms with Crippen molar-refractivity contribution in [2.24, 2.45) is 0 Å². The fraction of sp³-hybridized carbons (Fsp3) is 0.869. The number of rotatable bonds is 55. The Kier molecular flexibility index (Phi) is 55.0. The summed E-state index contributed by atoms with van der Waals surface area (Å²) < 4.78 is 5.44. The molecule has 394 valence electrons. The second-order valence-corrected chi connectivity index (χ2v) is 20.4. The first-order chi connectivity index (χ1) is 33.0. The van der Waals surface area contributed by atoms with Crippen LogP contribution >= 0.6 is 0 Å². The zero-order valence-corrected chi connectivity index (χ0v) is 44.9. The molecule has 0 saturated carbocycles. The van der Waals surface area contributed by atoms with E-state index in [-0.39, 0.29) is 18.5 Å². The van der Waals surface area contributed by atoms with Gasteiger partial charge in [0.2, 0.25) is 5.91 Å². The lowest BCUT2D eigenvalue weighted by molar-refractivity contribution is -0.143. The zero-order chi connectivity index (χ0) is 48.6. The van der Waals surface area contributed by atoms with Crippen LogP contribution in [-0.4, -0.2) is 47.4 Å². The Morgan fingerprint density at radius 3 is 1.10 bits per heavy atom. The molecule has 67 heavy (non-hydrogen) atoms. The van der Waals surface area contributed by atoms with E-state index >= 15 is 0 Å². The highest BCUT2D eigenvalue weighted by atomic mass is 16.5. The van der Waals surface area contributed by atoms with Crippen LogP contribution in [0.3, 0.4) is 0 Å². The van der Waals surface area contributed by atoms with Crippen LogP contribution in [0.2, 0.25) is 0 Å². The van der Waals surface area contributed by atoms with Gasteiger partial charge in [0.25, 0.3) is 0 Å². The van der Waals surface area contributed by atoms with Crippen LogP contribution in [0.25, 0.3) is 0 Å². The lowest BCUT2D eigenvalue weighted by Gasteiger charge is -2.20. The summed E-state index contributed by atoms with van der Waals surface area (Å²) in [6, 6.07) is -0.645. The Morgan fingerprint density at radius 1 is 0.418 bits per heavy atom. The molecule has 0 aromatic heterocycles. The number of carbonyl (C=O) groups excluding carboxylic acids is 2. The Labute approximate surface area is 417 Å². The third-order valence-corrected chi connectivity index (χ3v) is 13.7. The number of ether oxygens (including phenoxy) is 1. The number of amides is 1. The lowest BCUT2D eigenvalue weighted by atomic mass is 10.0. The van der Waals surface area contributed by atoms with Crippen LogP contribution < -0.4 is 5.32 Å². The van der Waals surface area contributed by atoms with E-state index in [9.17, 15) is 19.8 Å². The number of esters is 1. The van der Waals surface area contributed by atoms with Gasteiger partial charge in [-0.3, -0.25) is 9.59 Å². The smallest absolute Gasteiger partial charge is 0.305 e. The van der Waals surface area contributed by atoms with E-state index in [0.717, 1.165) is 77.0 Å².